The lowest BCUT2D eigenvalue weighted by atomic mass is 9.46. The summed E-state index contributed by atoms with van der Waals surface area (Å²) in [7, 11) is 0. The number of allylic oxidation sites excluding steroid dienone is 1. The summed E-state index contributed by atoms with van der Waals surface area (Å²) in [5.41, 5.74) is 1.11. The summed E-state index contributed by atoms with van der Waals surface area (Å²) in [6.45, 7) is 12.0. The van der Waals surface area contributed by atoms with Crippen LogP contribution in [0.3, 0.4) is 0 Å². The van der Waals surface area contributed by atoms with Crippen molar-refractivity contribution in [1.29, 1.82) is 0 Å². The van der Waals surface area contributed by atoms with E-state index in [2.05, 4.69) is 34.6 Å². The molecule has 6 rings (SSSR count). The average molecular weight is 725 g/mol. The molecule has 4 aliphatic carbocycles. The van der Waals surface area contributed by atoms with Crippen molar-refractivity contribution >= 4 is 5.78 Å². The maximum absolute atomic E-state index is 12.4. The van der Waals surface area contributed by atoms with Crippen LogP contribution in [0.5, 0.6) is 0 Å². The minimum absolute atomic E-state index is 0.0143. The second-order valence-electron chi connectivity index (χ2n) is 17.8. The van der Waals surface area contributed by atoms with Gasteiger partial charge in [0.05, 0.1) is 24.9 Å². The largest absolute Gasteiger partial charge is 0.394 e. The molecule has 6 aliphatic rings. The van der Waals surface area contributed by atoms with E-state index < -0.39 is 80.2 Å². The van der Waals surface area contributed by atoms with Crippen LogP contribution in [0.2, 0.25) is 0 Å². The molecule has 5 fully saturated rings. The highest BCUT2D eigenvalue weighted by Gasteiger charge is 2.64. The molecule has 292 valence electrons. The summed E-state index contributed by atoms with van der Waals surface area (Å²) < 4.78 is 24.4. The van der Waals surface area contributed by atoms with Crippen LogP contribution in [-0.4, -0.2) is 122 Å². The summed E-state index contributed by atoms with van der Waals surface area (Å²) in [5.74, 6) is 1.57. The zero-order valence-electron chi connectivity index (χ0n) is 31.2. The topological polar surface area (TPSA) is 196 Å². The fourth-order valence-corrected chi connectivity index (χ4v) is 11.5. The molecule has 0 bridgehead atoms. The normalized spacial score (nSPS) is 49.9. The van der Waals surface area contributed by atoms with Crippen molar-refractivity contribution in [2.24, 2.45) is 46.3 Å². The molecule has 2 heterocycles. The van der Waals surface area contributed by atoms with Crippen LogP contribution in [0, 0.1) is 46.3 Å². The molecule has 0 aromatic carbocycles. The van der Waals surface area contributed by atoms with E-state index in [1.54, 1.807) is 0 Å². The van der Waals surface area contributed by atoms with Crippen LogP contribution in [0.25, 0.3) is 0 Å². The summed E-state index contributed by atoms with van der Waals surface area (Å²) in [6.07, 6.45) is -5.53. The fourth-order valence-electron chi connectivity index (χ4n) is 11.5. The molecule has 19 unspecified atom stereocenters. The number of fused-ring (bicyclic) bond motifs is 5. The highest BCUT2D eigenvalue weighted by atomic mass is 16.7. The smallest absolute Gasteiger partial charge is 0.187 e. The van der Waals surface area contributed by atoms with Gasteiger partial charge in [-0.1, -0.05) is 40.2 Å². The van der Waals surface area contributed by atoms with Gasteiger partial charge in [-0.2, -0.15) is 0 Å². The summed E-state index contributed by atoms with van der Waals surface area (Å²) >= 11 is 0. The third-order valence-electron chi connectivity index (χ3n) is 14.5. The molecule has 0 radical (unpaired) electrons. The van der Waals surface area contributed by atoms with E-state index in [4.69, 9.17) is 18.9 Å². The van der Waals surface area contributed by atoms with Gasteiger partial charge < -0.3 is 54.7 Å². The number of ether oxygens (including phenoxy) is 4. The Balaban J connectivity index is 1.28. The molecule has 0 spiro atoms. The van der Waals surface area contributed by atoms with Gasteiger partial charge in [-0.15, -0.1) is 0 Å². The van der Waals surface area contributed by atoms with Crippen molar-refractivity contribution in [1.82, 2.24) is 0 Å². The van der Waals surface area contributed by atoms with Crippen molar-refractivity contribution in [2.45, 2.75) is 173 Å². The van der Waals surface area contributed by atoms with E-state index in [0.29, 0.717) is 37.0 Å². The third kappa shape index (κ3) is 7.14. The van der Waals surface area contributed by atoms with E-state index in [1.807, 2.05) is 6.08 Å². The molecule has 0 aromatic rings. The molecule has 3 saturated carbocycles. The molecule has 2 saturated heterocycles. The Labute approximate surface area is 302 Å². The lowest BCUT2D eigenvalue weighted by Crippen LogP contribution is -2.64. The quantitative estimate of drug-likeness (QED) is 0.174. The van der Waals surface area contributed by atoms with E-state index in [-0.39, 0.29) is 34.4 Å². The molecular weight excluding hydrogens is 660 g/mol. The Morgan fingerprint density at radius 1 is 0.863 bits per heavy atom. The van der Waals surface area contributed by atoms with Gasteiger partial charge in [0.25, 0.3) is 0 Å². The number of rotatable bonds is 10. The van der Waals surface area contributed by atoms with Crippen molar-refractivity contribution in [3.63, 3.8) is 0 Å². The van der Waals surface area contributed by atoms with E-state index in [1.165, 1.54) is 12.5 Å². The van der Waals surface area contributed by atoms with Gasteiger partial charge >= 0.3 is 0 Å². The third-order valence-corrected chi connectivity index (χ3v) is 14.5. The number of hydrogen-bond donors (Lipinski definition) is 7. The van der Waals surface area contributed by atoms with Gasteiger partial charge in [-0.25, -0.2) is 0 Å². The summed E-state index contributed by atoms with van der Waals surface area (Å²) in [5, 5.41) is 75.9. The van der Waals surface area contributed by atoms with Crippen LogP contribution < -0.4 is 0 Å². The number of hydrogen-bond acceptors (Lipinski definition) is 12. The Morgan fingerprint density at radius 2 is 1.57 bits per heavy atom. The van der Waals surface area contributed by atoms with E-state index in [9.17, 15) is 40.5 Å². The lowest BCUT2D eigenvalue weighted by molar-refractivity contribution is -0.362. The molecule has 0 amide bonds. The monoisotopic (exact) mass is 724 g/mol. The first-order chi connectivity index (χ1) is 24.0. The number of ketones is 1. The van der Waals surface area contributed by atoms with Gasteiger partial charge in [0.2, 0.25) is 0 Å². The summed E-state index contributed by atoms with van der Waals surface area (Å²) in [6, 6.07) is 0. The molecule has 12 heteroatoms. The molecule has 12 nitrogen and oxygen atoms in total. The summed E-state index contributed by atoms with van der Waals surface area (Å²) in [4.78, 5) is 12.4. The van der Waals surface area contributed by atoms with Crippen molar-refractivity contribution < 1.29 is 59.5 Å². The van der Waals surface area contributed by atoms with E-state index >= 15 is 0 Å². The number of aliphatic hydroxyl groups is 7. The van der Waals surface area contributed by atoms with E-state index in [0.717, 1.165) is 38.5 Å². The highest BCUT2D eigenvalue weighted by Crippen LogP contribution is 2.68. The predicted molar refractivity (Wildman–Crippen MR) is 185 cm³/mol. The number of carbonyl (C=O) groups excluding carboxylic acids is 1. The lowest BCUT2D eigenvalue weighted by Gasteiger charge is -2.58. The Morgan fingerprint density at radius 3 is 2.25 bits per heavy atom. The first-order valence-electron chi connectivity index (χ1n) is 19.6. The van der Waals surface area contributed by atoms with Crippen LogP contribution >= 0.6 is 0 Å². The van der Waals surface area contributed by atoms with Gasteiger partial charge in [0.1, 0.15) is 42.7 Å². The van der Waals surface area contributed by atoms with Gasteiger partial charge in [0.15, 0.2) is 18.4 Å². The molecule has 7 N–H and O–H groups in total. The minimum Gasteiger partial charge on any atom is -0.394 e. The standard InChI is InChI=1S/C39H64O12/c1-18(2)7-10-26(42)19(3)29-27(16-25-23-9-8-21-15-22(41)11-13-38(21,5)24(23)12-14-39(25,29)6)49-37-34(47)35(31(44)28(17-40)50-37)51-36-33(46)32(45)30(43)20(4)48-36/h15,18-20,23-37,40,42-47H,7-14,16-17H2,1-6H3. The van der Waals surface area contributed by atoms with Gasteiger partial charge in [-0.3, -0.25) is 4.79 Å². The Kier molecular flexibility index (Phi) is 11.9. The maximum Gasteiger partial charge on any atom is 0.187 e. The van der Waals surface area contributed by atoms with Crippen LogP contribution in [-0.2, 0) is 23.7 Å². The first-order valence-corrected chi connectivity index (χ1v) is 19.6. The van der Waals surface area contributed by atoms with Crippen molar-refractivity contribution in [3.05, 3.63) is 11.6 Å². The second kappa shape index (κ2) is 15.2. The predicted octanol–water partition coefficient (Wildman–Crippen LogP) is 2.21. The Hall–Kier alpha value is -1.03. The highest BCUT2D eigenvalue weighted by molar-refractivity contribution is 5.91. The number of aliphatic hydroxyl groups excluding tert-OH is 7. The molecule has 19 atom stereocenters. The zero-order valence-corrected chi connectivity index (χ0v) is 31.2. The average Bonchev–Trinajstić information content (AvgIpc) is 3.39. The SMILES string of the molecule is CC(C)CCC(O)C(C)C1C(OC2OC(CO)C(O)C(OC3OC(C)C(O)C(O)C3O)C2O)CC2C3CCC4=CC(=O)CCC4(C)C3CCC21C. The second-order valence-corrected chi connectivity index (χ2v) is 17.8. The van der Waals surface area contributed by atoms with Gasteiger partial charge in [-0.05, 0) is 111 Å². The Bertz CT molecular complexity index is 1260. The molecule has 2 aliphatic heterocycles. The van der Waals surface area contributed by atoms with Gasteiger partial charge in [0, 0.05) is 6.42 Å². The fraction of sp³-hybridized carbons (Fsp3) is 0.923. The van der Waals surface area contributed by atoms with Crippen LogP contribution in [0.4, 0.5) is 0 Å². The molecule has 0 aromatic heterocycles. The van der Waals surface area contributed by atoms with Crippen LogP contribution in [0.15, 0.2) is 11.6 Å². The molecular formula is C39H64O12. The number of carbonyl (C=O) groups is 1. The van der Waals surface area contributed by atoms with Crippen LogP contribution in [0.1, 0.15) is 99.3 Å². The first kappa shape index (κ1) is 39.7. The molecule has 51 heavy (non-hydrogen) atoms. The maximum atomic E-state index is 12.4. The van der Waals surface area contributed by atoms with Crippen molar-refractivity contribution in [2.75, 3.05) is 6.61 Å². The van der Waals surface area contributed by atoms with Crippen molar-refractivity contribution in [3.8, 4) is 0 Å². The zero-order chi connectivity index (χ0) is 37.2. The minimum atomic E-state index is -1.66.